The summed E-state index contributed by atoms with van der Waals surface area (Å²) in [5, 5.41) is 3.20. The normalized spacial score (nSPS) is 20.5. The van der Waals surface area contributed by atoms with E-state index in [0.29, 0.717) is 0 Å². The van der Waals surface area contributed by atoms with Crippen LogP contribution in [0.25, 0.3) is 0 Å². The van der Waals surface area contributed by atoms with Crippen molar-refractivity contribution in [2.45, 2.75) is 38.5 Å². The van der Waals surface area contributed by atoms with Crippen LogP contribution in [0.1, 0.15) is 37.7 Å². The van der Waals surface area contributed by atoms with E-state index in [2.05, 4.69) is 50.4 Å². The lowest BCUT2D eigenvalue weighted by Gasteiger charge is -2.34. The van der Waals surface area contributed by atoms with Gasteiger partial charge < -0.3 is 15.1 Å². The van der Waals surface area contributed by atoms with Crippen molar-refractivity contribution in [3.8, 4) is 0 Å². The number of aromatic nitrogens is 1. The summed E-state index contributed by atoms with van der Waals surface area (Å²) in [5.41, 5.74) is 2.64. The van der Waals surface area contributed by atoms with Crippen LogP contribution in [0.5, 0.6) is 0 Å². The number of likely N-dealkylation sites (tertiary alicyclic amines) is 1. The molecule has 1 unspecified atom stereocenters. The largest absolute Gasteiger partial charge is 0.371 e. The average Bonchev–Trinajstić information content (AvgIpc) is 2.84. The van der Waals surface area contributed by atoms with E-state index in [9.17, 15) is 4.79 Å². The Hall–Kier alpha value is -2.40. The van der Waals surface area contributed by atoms with Crippen LogP contribution in [0.15, 0.2) is 54.9 Å². The van der Waals surface area contributed by atoms with Crippen LogP contribution >= 0.6 is 0 Å². The summed E-state index contributed by atoms with van der Waals surface area (Å²) in [7, 11) is 0. The second-order valence-electron chi connectivity index (χ2n) is 9.11. The highest BCUT2D eigenvalue weighted by Gasteiger charge is 2.26. The molecule has 1 aromatic heterocycles. The van der Waals surface area contributed by atoms with Crippen LogP contribution in [-0.4, -0.2) is 55.1 Å². The molecule has 0 aliphatic carbocycles. The zero-order valence-electron chi connectivity index (χ0n) is 18.6. The van der Waals surface area contributed by atoms with Gasteiger partial charge >= 0.3 is 0 Å². The molecule has 1 N–H and O–H groups in total. The first-order valence-electron chi connectivity index (χ1n) is 12.0. The fourth-order valence-electron chi connectivity index (χ4n) is 5.00. The number of nitrogens with zero attached hydrogens (tertiary/aromatic N) is 3. The molecule has 1 amide bonds. The van der Waals surface area contributed by atoms with Crippen molar-refractivity contribution in [1.29, 1.82) is 0 Å². The molecule has 2 saturated heterocycles. The number of carbonyl (C=O) groups excluding carboxylic acids is 1. The number of rotatable bonds is 8. The van der Waals surface area contributed by atoms with Crippen molar-refractivity contribution in [1.82, 2.24) is 15.2 Å². The molecule has 2 aromatic rings. The molecular weight excluding hydrogens is 384 g/mol. The Morgan fingerprint density at radius 2 is 1.77 bits per heavy atom. The van der Waals surface area contributed by atoms with Crippen LogP contribution in [0, 0.1) is 11.8 Å². The summed E-state index contributed by atoms with van der Waals surface area (Å²) in [6.45, 7) is 6.09. The molecule has 3 heterocycles. The van der Waals surface area contributed by atoms with Gasteiger partial charge in [0.2, 0.25) is 5.91 Å². The molecule has 5 nitrogen and oxygen atoms in total. The van der Waals surface area contributed by atoms with Crippen LogP contribution in [-0.2, 0) is 11.2 Å². The first-order chi connectivity index (χ1) is 15.3. The van der Waals surface area contributed by atoms with E-state index < -0.39 is 0 Å². The lowest BCUT2D eigenvalue weighted by atomic mass is 9.90. The van der Waals surface area contributed by atoms with Crippen molar-refractivity contribution >= 4 is 11.6 Å². The van der Waals surface area contributed by atoms with Gasteiger partial charge in [0.1, 0.15) is 0 Å². The lowest BCUT2D eigenvalue weighted by Crippen LogP contribution is -2.43. The summed E-state index contributed by atoms with van der Waals surface area (Å²) >= 11 is 0. The maximum atomic E-state index is 12.7. The Morgan fingerprint density at radius 3 is 2.55 bits per heavy atom. The molecule has 1 aromatic carbocycles. The van der Waals surface area contributed by atoms with Gasteiger partial charge in [0.05, 0.1) is 5.92 Å². The van der Waals surface area contributed by atoms with Crippen molar-refractivity contribution in [2.24, 2.45) is 11.8 Å². The zero-order valence-corrected chi connectivity index (χ0v) is 18.6. The second kappa shape index (κ2) is 11.3. The van der Waals surface area contributed by atoms with Crippen LogP contribution in [0.4, 0.5) is 5.69 Å². The SMILES string of the molecule is O=C(NCCCN1CCC(Cc2ccccc2)CC1)C1CCCN(c2ccncc2)C1. The number of amides is 1. The summed E-state index contributed by atoms with van der Waals surface area (Å²) in [5.74, 6) is 1.13. The van der Waals surface area contributed by atoms with Gasteiger partial charge in [-0.05, 0) is 81.8 Å². The maximum absolute atomic E-state index is 12.7. The molecule has 0 saturated carbocycles. The highest BCUT2D eigenvalue weighted by atomic mass is 16.1. The van der Waals surface area contributed by atoms with Crippen molar-refractivity contribution in [3.63, 3.8) is 0 Å². The monoisotopic (exact) mass is 420 g/mol. The molecule has 166 valence electrons. The highest BCUT2D eigenvalue weighted by molar-refractivity contribution is 5.79. The number of benzene rings is 1. The highest BCUT2D eigenvalue weighted by Crippen LogP contribution is 2.23. The molecule has 0 bridgehead atoms. The van der Waals surface area contributed by atoms with E-state index in [1.807, 2.05) is 24.5 Å². The third-order valence-corrected chi connectivity index (χ3v) is 6.84. The number of piperidine rings is 2. The Morgan fingerprint density at radius 1 is 1.00 bits per heavy atom. The van der Waals surface area contributed by atoms with Gasteiger partial charge in [-0.15, -0.1) is 0 Å². The molecule has 0 radical (unpaired) electrons. The second-order valence-corrected chi connectivity index (χ2v) is 9.11. The number of hydrogen-bond donors (Lipinski definition) is 1. The number of pyridine rings is 1. The predicted molar refractivity (Wildman–Crippen MR) is 126 cm³/mol. The summed E-state index contributed by atoms with van der Waals surface area (Å²) < 4.78 is 0. The van der Waals surface area contributed by atoms with E-state index in [0.717, 1.165) is 51.4 Å². The minimum Gasteiger partial charge on any atom is -0.371 e. The predicted octanol–water partition coefficient (Wildman–Crippen LogP) is 3.76. The molecule has 1 atom stereocenters. The number of carbonyl (C=O) groups is 1. The van der Waals surface area contributed by atoms with E-state index in [1.165, 1.54) is 43.6 Å². The van der Waals surface area contributed by atoms with Gasteiger partial charge in [-0.3, -0.25) is 9.78 Å². The van der Waals surface area contributed by atoms with Gasteiger partial charge in [-0.2, -0.15) is 0 Å². The minimum atomic E-state index is 0.0932. The molecule has 31 heavy (non-hydrogen) atoms. The number of hydrogen-bond acceptors (Lipinski definition) is 4. The van der Waals surface area contributed by atoms with E-state index in [1.54, 1.807) is 0 Å². The fraction of sp³-hybridized carbons (Fsp3) is 0.538. The van der Waals surface area contributed by atoms with Gasteiger partial charge in [0.15, 0.2) is 0 Å². The number of nitrogens with one attached hydrogen (secondary N) is 1. The Balaban J connectivity index is 1.11. The van der Waals surface area contributed by atoms with Gasteiger partial charge in [0, 0.05) is 37.7 Å². The van der Waals surface area contributed by atoms with E-state index >= 15 is 0 Å². The first kappa shape index (κ1) is 21.8. The standard InChI is InChI=1S/C26H36N4O/c31-26(24-8-4-17-30(21-24)25-9-14-27-15-10-25)28-13-5-16-29-18-11-23(12-19-29)20-22-6-2-1-3-7-22/h1-3,6-7,9-10,14-15,23-24H,4-5,8,11-13,16-21H2,(H,28,31). The minimum absolute atomic E-state index is 0.0932. The maximum Gasteiger partial charge on any atom is 0.224 e. The smallest absolute Gasteiger partial charge is 0.224 e. The van der Waals surface area contributed by atoms with Crippen LogP contribution in [0.2, 0.25) is 0 Å². The van der Waals surface area contributed by atoms with Crippen LogP contribution < -0.4 is 10.2 Å². The molecule has 5 heteroatoms. The van der Waals surface area contributed by atoms with Gasteiger partial charge in [-0.25, -0.2) is 0 Å². The quantitative estimate of drug-likeness (QED) is 0.661. The molecule has 4 rings (SSSR count). The molecule has 2 fully saturated rings. The summed E-state index contributed by atoms with van der Waals surface area (Å²) in [6.07, 6.45) is 10.5. The van der Waals surface area contributed by atoms with E-state index in [-0.39, 0.29) is 11.8 Å². The number of anilines is 1. The Bertz CT molecular complexity index is 790. The average molecular weight is 421 g/mol. The summed E-state index contributed by atoms with van der Waals surface area (Å²) in [4.78, 5) is 21.7. The molecule has 2 aliphatic heterocycles. The third kappa shape index (κ3) is 6.54. The van der Waals surface area contributed by atoms with Crippen molar-refractivity contribution in [2.75, 3.05) is 44.2 Å². The zero-order chi connectivity index (χ0) is 21.3. The molecular formula is C26H36N4O. The van der Waals surface area contributed by atoms with Gasteiger partial charge in [0.25, 0.3) is 0 Å². The molecule has 2 aliphatic rings. The van der Waals surface area contributed by atoms with Crippen molar-refractivity contribution in [3.05, 3.63) is 60.4 Å². The summed E-state index contributed by atoms with van der Waals surface area (Å²) in [6, 6.07) is 14.9. The first-order valence-corrected chi connectivity index (χ1v) is 12.0. The Labute approximate surface area is 186 Å². The topological polar surface area (TPSA) is 48.5 Å². The lowest BCUT2D eigenvalue weighted by molar-refractivity contribution is -0.125. The fourth-order valence-corrected chi connectivity index (χ4v) is 5.00. The van der Waals surface area contributed by atoms with Crippen LogP contribution in [0.3, 0.4) is 0 Å². The van der Waals surface area contributed by atoms with Gasteiger partial charge in [-0.1, -0.05) is 30.3 Å². The third-order valence-electron chi connectivity index (χ3n) is 6.84. The Kier molecular flexibility index (Phi) is 7.94. The molecule has 0 spiro atoms. The van der Waals surface area contributed by atoms with E-state index in [4.69, 9.17) is 0 Å². The van der Waals surface area contributed by atoms with Crippen molar-refractivity contribution < 1.29 is 4.79 Å².